The summed E-state index contributed by atoms with van der Waals surface area (Å²) in [4.78, 5) is 26.2. The van der Waals surface area contributed by atoms with Gasteiger partial charge in [0.2, 0.25) is 11.2 Å². The van der Waals surface area contributed by atoms with Crippen molar-refractivity contribution in [3.05, 3.63) is 63.3 Å². The highest BCUT2D eigenvalue weighted by molar-refractivity contribution is 6.31. The maximum atomic E-state index is 13.3. The molecule has 1 saturated carbocycles. The van der Waals surface area contributed by atoms with Crippen LogP contribution in [0.2, 0.25) is 5.02 Å². The van der Waals surface area contributed by atoms with Crippen molar-refractivity contribution in [1.29, 1.82) is 0 Å². The van der Waals surface area contributed by atoms with E-state index in [-0.39, 0.29) is 34.2 Å². The van der Waals surface area contributed by atoms with Crippen LogP contribution in [0.5, 0.6) is 5.75 Å². The first-order valence-corrected chi connectivity index (χ1v) is 11.2. The van der Waals surface area contributed by atoms with Gasteiger partial charge in [-0.15, -0.1) is 0 Å². The molecule has 1 fully saturated rings. The second-order valence-electron chi connectivity index (χ2n) is 9.31. The molecule has 0 atom stereocenters. The monoisotopic (exact) mass is 438 g/mol. The third-order valence-electron chi connectivity index (χ3n) is 5.96. The van der Waals surface area contributed by atoms with E-state index in [1.54, 1.807) is 18.2 Å². The number of fused-ring (bicyclic) bond motifs is 1. The maximum absolute atomic E-state index is 13.3. The molecule has 1 heterocycles. The summed E-state index contributed by atoms with van der Waals surface area (Å²) in [5, 5.41) is 0.723. The van der Waals surface area contributed by atoms with Gasteiger partial charge < -0.3 is 9.15 Å². The molecule has 31 heavy (non-hydrogen) atoms. The predicted molar refractivity (Wildman–Crippen MR) is 124 cm³/mol. The molecule has 0 bridgehead atoms. The minimum Gasteiger partial charge on any atom is -0.452 e. The van der Waals surface area contributed by atoms with E-state index in [9.17, 15) is 9.59 Å². The second-order valence-corrected chi connectivity index (χ2v) is 9.75. The van der Waals surface area contributed by atoms with Gasteiger partial charge in [0.1, 0.15) is 5.58 Å². The highest BCUT2D eigenvalue weighted by Crippen LogP contribution is 2.34. The van der Waals surface area contributed by atoms with Crippen molar-refractivity contribution in [2.24, 2.45) is 5.92 Å². The van der Waals surface area contributed by atoms with Crippen LogP contribution < -0.4 is 10.2 Å². The van der Waals surface area contributed by atoms with Gasteiger partial charge in [-0.2, -0.15) is 0 Å². The molecule has 4 rings (SSSR count). The van der Waals surface area contributed by atoms with E-state index in [1.807, 2.05) is 24.3 Å². The van der Waals surface area contributed by atoms with Crippen molar-refractivity contribution in [1.82, 2.24) is 0 Å². The molecule has 1 aliphatic rings. The normalized spacial score (nSPS) is 15.2. The third kappa shape index (κ3) is 4.54. The predicted octanol–water partition coefficient (Wildman–Crippen LogP) is 6.90. The van der Waals surface area contributed by atoms with Gasteiger partial charge in [0.15, 0.2) is 5.76 Å². The van der Waals surface area contributed by atoms with Gasteiger partial charge in [-0.1, -0.05) is 75.9 Å². The molecule has 2 aromatic carbocycles. The third-order valence-corrected chi connectivity index (χ3v) is 6.20. The molecule has 0 unspecified atom stereocenters. The van der Waals surface area contributed by atoms with Crippen LogP contribution >= 0.6 is 11.6 Å². The van der Waals surface area contributed by atoms with Gasteiger partial charge in [-0.3, -0.25) is 9.59 Å². The number of rotatable bonds is 3. The largest absolute Gasteiger partial charge is 0.452 e. The Hall–Kier alpha value is -2.59. The number of carbonyl (C=O) groups excluding carboxylic acids is 1. The lowest BCUT2D eigenvalue weighted by atomic mass is 9.86. The van der Waals surface area contributed by atoms with E-state index in [1.165, 1.54) is 0 Å². The van der Waals surface area contributed by atoms with Crippen molar-refractivity contribution in [2.45, 2.75) is 58.3 Å². The first-order valence-electron chi connectivity index (χ1n) is 10.8. The van der Waals surface area contributed by atoms with E-state index in [2.05, 4.69) is 20.8 Å². The van der Waals surface area contributed by atoms with Gasteiger partial charge in [0.25, 0.3) is 0 Å². The van der Waals surface area contributed by atoms with Crippen molar-refractivity contribution in [3.8, 4) is 17.1 Å². The van der Waals surface area contributed by atoms with Gasteiger partial charge in [0.05, 0.1) is 11.3 Å². The zero-order chi connectivity index (χ0) is 22.2. The van der Waals surface area contributed by atoms with Crippen molar-refractivity contribution >= 4 is 28.5 Å². The molecule has 0 radical (unpaired) electrons. The molecule has 0 saturated heterocycles. The van der Waals surface area contributed by atoms with Crippen LogP contribution in [-0.4, -0.2) is 5.97 Å². The fraction of sp³-hybridized carbons (Fsp3) is 0.385. The number of carbonyl (C=O) groups is 1. The topological polar surface area (TPSA) is 56.5 Å². The van der Waals surface area contributed by atoms with Crippen LogP contribution in [0.3, 0.4) is 0 Å². The highest BCUT2D eigenvalue weighted by atomic mass is 35.5. The van der Waals surface area contributed by atoms with E-state index < -0.39 is 0 Å². The van der Waals surface area contributed by atoms with E-state index in [0.29, 0.717) is 21.6 Å². The van der Waals surface area contributed by atoms with Crippen LogP contribution in [0, 0.1) is 5.92 Å². The Bertz CT molecular complexity index is 1160. The Labute approximate surface area is 187 Å². The molecule has 0 aliphatic heterocycles. The molecule has 1 aliphatic carbocycles. The molecule has 4 nitrogen and oxygen atoms in total. The molecule has 0 spiro atoms. The second kappa shape index (κ2) is 8.51. The Kier molecular flexibility index (Phi) is 5.94. The van der Waals surface area contributed by atoms with Crippen LogP contribution in [0.1, 0.15) is 58.4 Å². The van der Waals surface area contributed by atoms with Gasteiger partial charge >= 0.3 is 5.97 Å². The maximum Gasteiger partial charge on any atom is 0.314 e. The number of hydrogen-bond acceptors (Lipinski definition) is 4. The number of halogens is 1. The summed E-state index contributed by atoms with van der Waals surface area (Å²) in [6, 6.07) is 12.7. The first-order chi connectivity index (χ1) is 14.7. The van der Waals surface area contributed by atoms with E-state index in [0.717, 1.165) is 37.7 Å². The summed E-state index contributed by atoms with van der Waals surface area (Å²) in [6.07, 6.45) is 4.72. The summed E-state index contributed by atoms with van der Waals surface area (Å²) in [5.41, 5.74) is 1.86. The van der Waals surface area contributed by atoms with Crippen LogP contribution in [0.15, 0.2) is 51.7 Å². The lowest BCUT2D eigenvalue weighted by Gasteiger charge is -2.21. The number of benzene rings is 2. The van der Waals surface area contributed by atoms with E-state index >= 15 is 0 Å². The average Bonchev–Trinajstić information content (AvgIpc) is 2.76. The minimum atomic E-state index is -0.386. The highest BCUT2D eigenvalue weighted by Gasteiger charge is 2.27. The van der Waals surface area contributed by atoms with Crippen LogP contribution in [-0.2, 0) is 10.2 Å². The van der Waals surface area contributed by atoms with Gasteiger partial charge in [-0.25, -0.2) is 0 Å². The fourth-order valence-electron chi connectivity index (χ4n) is 4.08. The molecule has 0 N–H and O–H groups in total. The number of ether oxygens (including phenoxy) is 1. The van der Waals surface area contributed by atoms with Gasteiger partial charge in [0, 0.05) is 10.6 Å². The zero-order valence-electron chi connectivity index (χ0n) is 18.2. The van der Waals surface area contributed by atoms with Crippen LogP contribution in [0.4, 0.5) is 0 Å². The molecule has 162 valence electrons. The first kappa shape index (κ1) is 21.6. The smallest absolute Gasteiger partial charge is 0.314 e. The SMILES string of the molecule is CC(C)(C)c1ccc(-c2oc3ccc(Cl)cc3c(=O)c2OC(=O)C2CCCCC2)cc1. The summed E-state index contributed by atoms with van der Waals surface area (Å²) >= 11 is 6.10. The Morgan fingerprint density at radius 3 is 2.35 bits per heavy atom. The summed E-state index contributed by atoms with van der Waals surface area (Å²) < 4.78 is 11.8. The zero-order valence-corrected chi connectivity index (χ0v) is 18.9. The number of hydrogen-bond donors (Lipinski definition) is 0. The minimum absolute atomic E-state index is 0.00419. The standard InChI is InChI=1S/C26H27ClO4/c1-26(2,3)18-11-9-16(10-12-18)23-24(31-25(29)17-7-5-4-6-8-17)22(28)20-15-19(27)13-14-21(20)30-23/h9-15,17H,4-8H2,1-3H3. The fourth-order valence-corrected chi connectivity index (χ4v) is 4.25. The quantitative estimate of drug-likeness (QED) is 0.417. The van der Waals surface area contributed by atoms with E-state index in [4.69, 9.17) is 20.8 Å². The molecule has 1 aromatic heterocycles. The number of esters is 1. The Balaban J connectivity index is 1.82. The Morgan fingerprint density at radius 1 is 1.03 bits per heavy atom. The summed E-state index contributed by atoms with van der Waals surface area (Å²) in [7, 11) is 0. The van der Waals surface area contributed by atoms with Crippen molar-refractivity contribution in [2.75, 3.05) is 0 Å². The average molecular weight is 439 g/mol. The molecular formula is C26H27ClO4. The lowest BCUT2D eigenvalue weighted by molar-refractivity contribution is -0.140. The summed E-state index contributed by atoms with van der Waals surface area (Å²) in [5.74, 6) is -0.335. The van der Waals surface area contributed by atoms with Gasteiger partial charge in [-0.05, 0) is 42.0 Å². The molecule has 0 amide bonds. The summed E-state index contributed by atoms with van der Waals surface area (Å²) in [6.45, 7) is 6.41. The molecule has 5 heteroatoms. The van der Waals surface area contributed by atoms with Crippen LogP contribution in [0.25, 0.3) is 22.3 Å². The van der Waals surface area contributed by atoms with Crippen molar-refractivity contribution in [3.63, 3.8) is 0 Å². The Morgan fingerprint density at radius 2 is 1.71 bits per heavy atom. The molecule has 3 aromatic rings. The molecular weight excluding hydrogens is 412 g/mol. The lowest BCUT2D eigenvalue weighted by Crippen LogP contribution is -2.25. The van der Waals surface area contributed by atoms with Crippen molar-refractivity contribution < 1.29 is 13.9 Å².